The Morgan fingerprint density at radius 3 is 2.37 bits per heavy atom. The topological polar surface area (TPSA) is 83.7 Å². The normalized spacial score (nSPS) is 10.4. The Hall–Kier alpha value is -2.96. The molecule has 27 heavy (non-hydrogen) atoms. The number of nitrogens with one attached hydrogen (secondary N) is 2. The highest BCUT2D eigenvalue weighted by Gasteiger charge is 2.19. The van der Waals surface area contributed by atoms with Gasteiger partial charge in [-0.25, -0.2) is 0 Å². The maximum absolute atomic E-state index is 12.3. The van der Waals surface area contributed by atoms with Crippen molar-refractivity contribution < 1.29 is 19.1 Å². The van der Waals surface area contributed by atoms with Gasteiger partial charge in [0.25, 0.3) is 5.91 Å². The van der Waals surface area contributed by atoms with Crippen LogP contribution in [0.4, 0.5) is 5.69 Å². The summed E-state index contributed by atoms with van der Waals surface area (Å²) in [4.78, 5) is 29.4. The van der Waals surface area contributed by atoms with Gasteiger partial charge in [-0.1, -0.05) is 0 Å². The minimum absolute atomic E-state index is 0.0396. The Morgan fingerprint density at radius 1 is 1.11 bits per heavy atom. The predicted molar refractivity (Wildman–Crippen MR) is 105 cm³/mol. The largest absolute Gasteiger partial charge is 0.493 e. The van der Waals surface area contributed by atoms with Gasteiger partial charge in [0.2, 0.25) is 5.91 Å². The minimum Gasteiger partial charge on any atom is -0.493 e. The molecule has 0 saturated carbocycles. The molecule has 2 amide bonds. The molecule has 0 spiro atoms. The maximum atomic E-state index is 12.3. The third-order valence-corrected chi connectivity index (χ3v) is 4.43. The van der Waals surface area contributed by atoms with Crippen LogP contribution in [-0.2, 0) is 11.2 Å². The molecule has 1 aromatic heterocycles. The Balaban J connectivity index is 2.04. The number of aromatic nitrogens is 1. The van der Waals surface area contributed by atoms with E-state index in [1.54, 1.807) is 51.4 Å². The molecule has 2 rings (SSSR count). The molecular formula is C20H27N3O4. The van der Waals surface area contributed by atoms with Crippen LogP contribution in [0.2, 0.25) is 0 Å². The zero-order valence-electron chi connectivity index (χ0n) is 16.7. The van der Waals surface area contributed by atoms with Crippen molar-refractivity contribution in [3.8, 4) is 11.5 Å². The van der Waals surface area contributed by atoms with Gasteiger partial charge >= 0.3 is 0 Å². The van der Waals surface area contributed by atoms with Crippen molar-refractivity contribution in [3.63, 3.8) is 0 Å². The van der Waals surface area contributed by atoms with Crippen LogP contribution in [0.15, 0.2) is 18.2 Å². The van der Waals surface area contributed by atoms with Crippen LogP contribution >= 0.6 is 0 Å². The third-order valence-electron chi connectivity index (χ3n) is 4.43. The van der Waals surface area contributed by atoms with Gasteiger partial charge in [-0.05, 0) is 38.0 Å². The van der Waals surface area contributed by atoms with Crippen LogP contribution in [-0.4, -0.2) is 50.0 Å². The first-order chi connectivity index (χ1) is 12.8. The van der Waals surface area contributed by atoms with Gasteiger partial charge in [-0.2, -0.15) is 0 Å². The van der Waals surface area contributed by atoms with Gasteiger partial charge < -0.3 is 24.7 Å². The van der Waals surface area contributed by atoms with Gasteiger partial charge in [0, 0.05) is 43.7 Å². The number of aromatic amines is 1. The highest BCUT2D eigenvalue weighted by Crippen LogP contribution is 2.29. The molecule has 0 unspecified atom stereocenters. The quantitative estimate of drug-likeness (QED) is 0.782. The number of hydrogen-bond acceptors (Lipinski definition) is 4. The van der Waals surface area contributed by atoms with E-state index in [2.05, 4.69) is 10.3 Å². The van der Waals surface area contributed by atoms with E-state index in [1.807, 2.05) is 13.8 Å². The summed E-state index contributed by atoms with van der Waals surface area (Å²) in [7, 11) is 6.56. The molecule has 0 radical (unpaired) electrons. The molecule has 0 aliphatic rings. The molecule has 2 aromatic rings. The summed E-state index contributed by atoms with van der Waals surface area (Å²) in [6, 6.07) is 5.22. The molecule has 7 heteroatoms. The number of carbonyl (C=O) groups excluding carboxylic acids is 2. The van der Waals surface area contributed by atoms with Crippen LogP contribution in [0.5, 0.6) is 11.5 Å². The minimum atomic E-state index is -0.116. The molecule has 0 aliphatic heterocycles. The van der Waals surface area contributed by atoms with E-state index in [4.69, 9.17) is 9.47 Å². The number of hydrogen-bond donors (Lipinski definition) is 2. The van der Waals surface area contributed by atoms with Crippen molar-refractivity contribution >= 4 is 17.5 Å². The van der Waals surface area contributed by atoms with E-state index in [9.17, 15) is 9.59 Å². The fourth-order valence-corrected chi connectivity index (χ4v) is 2.99. The van der Waals surface area contributed by atoms with E-state index in [1.165, 1.54) is 0 Å². The van der Waals surface area contributed by atoms with Crippen LogP contribution in [0.1, 0.15) is 33.7 Å². The molecule has 7 nitrogen and oxygen atoms in total. The fraction of sp³-hybridized carbons (Fsp3) is 0.400. The second-order valence-electron chi connectivity index (χ2n) is 6.55. The monoisotopic (exact) mass is 373 g/mol. The first-order valence-corrected chi connectivity index (χ1v) is 8.70. The highest BCUT2D eigenvalue weighted by molar-refractivity contribution is 5.97. The van der Waals surface area contributed by atoms with Crippen LogP contribution in [0.3, 0.4) is 0 Å². The summed E-state index contributed by atoms with van der Waals surface area (Å²) in [6.07, 6.45) is 0.817. The van der Waals surface area contributed by atoms with E-state index in [0.29, 0.717) is 35.6 Å². The number of carbonyl (C=O) groups is 2. The van der Waals surface area contributed by atoms with Gasteiger partial charge in [0.15, 0.2) is 11.5 Å². The van der Waals surface area contributed by atoms with Gasteiger partial charge in [0.1, 0.15) is 0 Å². The molecule has 0 fully saturated rings. The van der Waals surface area contributed by atoms with Crippen molar-refractivity contribution in [2.24, 2.45) is 0 Å². The number of anilines is 1. The average molecular weight is 373 g/mol. The smallest absolute Gasteiger partial charge is 0.255 e. The lowest BCUT2D eigenvalue weighted by atomic mass is 10.1. The third kappa shape index (κ3) is 4.61. The molecule has 1 heterocycles. The van der Waals surface area contributed by atoms with Crippen molar-refractivity contribution in [1.29, 1.82) is 0 Å². The molecule has 0 saturated heterocycles. The Kier molecular flexibility index (Phi) is 6.50. The number of rotatable bonds is 7. The SMILES string of the molecule is COc1ccc(NC(=O)CCc2[nH]c(C)c(C(=O)N(C)C)c2C)cc1OC. The lowest BCUT2D eigenvalue weighted by molar-refractivity contribution is -0.116. The number of methoxy groups -OCH3 is 2. The number of nitrogens with zero attached hydrogens (tertiary/aromatic N) is 1. The molecule has 0 atom stereocenters. The summed E-state index contributed by atoms with van der Waals surface area (Å²) >= 11 is 0. The Morgan fingerprint density at radius 2 is 1.78 bits per heavy atom. The lowest BCUT2D eigenvalue weighted by Gasteiger charge is -2.11. The molecule has 2 N–H and O–H groups in total. The maximum Gasteiger partial charge on any atom is 0.255 e. The molecule has 0 aliphatic carbocycles. The second kappa shape index (κ2) is 8.62. The van der Waals surface area contributed by atoms with Crippen molar-refractivity contribution in [2.75, 3.05) is 33.6 Å². The van der Waals surface area contributed by atoms with Gasteiger partial charge in [0.05, 0.1) is 19.8 Å². The number of amides is 2. The van der Waals surface area contributed by atoms with E-state index < -0.39 is 0 Å². The highest BCUT2D eigenvalue weighted by atomic mass is 16.5. The van der Waals surface area contributed by atoms with Crippen molar-refractivity contribution in [2.45, 2.75) is 26.7 Å². The van der Waals surface area contributed by atoms with E-state index in [-0.39, 0.29) is 11.8 Å². The standard InChI is InChI=1S/C20H27N3O4/c1-12-15(21-13(2)19(12)20(25)23(3)4)8-10-18(24)22-14-7-9-16(26-5)17(11-14)27-6/h7,9,11,21H,8,10H2,1-6H3,(H,22,24). The number of ether oxygens (including phenoxy) is 2. The first-order valence-electron chi connectivity index (χ1n) is 8.70. The zero-order valence-corrected chi connectivity index (χ0v) is 16.7. The second-order valence-corrected chi connectivity index (χ2v) is 6.55. The summed E-state index contributed by atoms with van der Waals surface area (Å²) in [5.41, 5.74) is 3.93. The van der Waals surface area contributed by atoms with Crippen LogP contribution in [0.25, 0.3) is 0 Å². The molecular weight excluding hydrogens is 346 g/mol. The summed E-state index contributed by atoms with van der Waals surface area (Å²) in [5, 5.41) is 2.86. The number of H-pyrrole nitrogens is 1. The van der Waals surface area contributed by atoms with Crippen LogP contribution in [0, 0.1) is 13.8 Å². The van der Waals surface area contributed by atoms with Gasteiger partial charge in [-0.15, -0.1) is 0 Å². The summed E-state index contributed by atoms with van der Waals surface area (Å²) < 4.78 is 10.4. The van der Waals surface area contributed by atoms with Gasteiger partial charge in [-0.3, -0.25) is 9.59 Å². The van der Waals surface area contributed by atoms with E-state index >= 15 is 0 Å². The van der Waals surface area contributed by atoms with Crippen molar-refractivity contribution in [3.05, 3.63) is 40.7 Å². The fourth-order valence-electron chi connectivity index (χ4n) is 2.99. The molecule has 146 valence electrons. The number of aryl methyl sites for hydroxylation is 2. The average Bonchev–Trinajstić information content (AvgIpc) is 2.92. The lowest BCUT2D eigenvalue weighted by Crippen LogP contribution is -2.22. The van der Waals surface area contributed by atoms with Crippen LogP contribution < -0.4 is 14.8 Å². The first kappa shape index (κ1) is 20.4. The zero-order chi connectivity index (χ0) is 20.1. The Bertz CT molecular complexity index is 840. The summed E-state index contributed by atoms with van der Waals surface area (Å²) in [6.45, 7) is 3.78. The summed E-state index contributed by atoms with van der Waals surface area (Å²) in [5.74, 6) is 1.00. The molecule has 0 bridgehead atoms. The number of benzene rings is 1. The van der Waals surface area contributed by atoms with E-state index in [0.717, 1.165) is 17.0 Å². The predicted octanol–water partition coefficient (Wildman–Crippen LogP) is 2.92. The van der Waals surface area contributed by atoms with Crippen molar-refractivity contribution in [1.82, 2.24) is 9.88 Å². The molecule has 1 aromatic carbocycles. The Labute approximate surface area is 159 Å².